The van der Waals surface area contributed by atoms with Crippen molar-refractivity contribution in [3.63, 3.8) is 0 Å². The minimum Gasteiger partial charge on any atom is -0.357 e. The van der Waals surface area contributed by atoms with Gasteiger partial charge in [0.15, 0.2) is 0 Å². The van der Waals surface area contributed by atoms with Gasteiger partial charge in [-0.3, -0.25) is 0 Å². The summed E-state index contributed by atoms with van der Waals surface area (Å²) in [4.78, 5) is 12.1. The van der Waals surface area contributed by atoms with E-state index in [-0.39, 0.29) is 5.28 Å². The number of nitrogens with zero attached hydrogens (tertiary/aromatic N) is 3. The van der Waals surface area contributed by atoms with E-state index in [9.17, 15) is 0 Å². The maximum Gasteiger partial charge on any atom is 0.229 e. The lowest BCUT2D eigenvalue weighted by Gasteiger charge is -2.15. The second-order valence-corrected chi connectivity index (χ2v) is 4.46. The highest BCUT2D eigenvalue weighted by molar-refractivity contribution is 7.98. The number of thioether (sulfide) groups is 1. The summed E-state index contributed by atoms with van der Waals surface area (Å²) in [7, 11) is 1.74. The van der Waals surface area contributed by atoms with Gasteiger partial charge in [-0.15, -0.1) is 0 Å². The van der Waals surface area contributed by atoms with E-state index in [0.29, 0.717) is 17.9 Å². The molecule has 0 spiro atoms. The Bertz CT molecular complexity index is 336. The fourth-order valence-electron chi connectivity index (χ4n) is 1.17. The van der Waals surface area contributed by atoms with Crippen molar-refractivity contribution in [1.29, 1.82) is 0 Å². The van der Waals surface area contributed by atoms with Gasteiger partial charge < -0.3 is 10.6 Å². The number of aromatic nitrogens is 3. The van der Waals surface area contributed by atoms with Crippen LogP contribution in [0.1, 0.15) is 13.3 Å². The zero-order valence-electron chi connectivity index (χ0n) is 9.62. The molecule has 0 bridgehead atoms. The number of hydrogen-bond acceptors (Lipinski definition) is 6. The molecule has 0 fully saturated rings. The van der Waals surface area contributed by atoms with Crippen LogP contribution in [0.4, 0.5) is 11.9 Å². The Hall–Kier alpha value is -0.750. The van der Waals surface area contributed by atoms with Crippen molar-refractivity contribution >= 4 is 35.3 Å². The second-order valence-electron chi connectivity index (χ2n) is 3.21. The number of rotatable bonds is 6. The zero-order chi connectivity index (χ0) is 12.0. The molecule has 0 aliphatic rings. The Morgan fingerprint density at radius 1 is 1.31 bits per heavy atom. The van der Waals surface area contributed by atoms with Gasteiger partial charge in [-0.1, -0.05) is 6.92 Å². The van der Waals surface area contributed by atoms with Crippen molar-refractivity contribution in [2.75, 3.05) is 29.7 Å². The van der Waals surface area contributed by atoms with Gasteiger partial charge in [-0.25, -0.2) is 0 Å². The van der Waals surface area contributed by atoms with E-state index in [1.54, 1.807) is 18.8 Å². The van der Waals surface area contributed by atoms with Gasteiger partial charge in [0.25, 0.3) is 0 Å². The number of hydrogen-bond donors (Lipinski definition) is 2. The largest absolute Gasteiger partial charge is 0.357 e. The third-order valence-corrected chi connectivity index (χ3v) is 2.93. The van der Waals surface area contributed by atoms with E-state index in [1.807, 2.05) is 0 Å². The highest BCUT2D eigenvalue weighted by Crippen LogP contribution is 2.12. The first kappa shape index (κ1) is 13.3. The quantitative estimate of drug-likeness (QED) is 0.818. The van der Waals surface area contributed by atoms with Crippen LogP contribution >= 0.6 is 23.4 Å². The van der Waals surface area contributed by atoms with Crippen molar-refractivity contribution in [2.24, 2.45) is 0 Å². The minimum absolute atomic E-state index is 0.195. The summed E-state index contributed by atoms with van der Waals surface area (Å²) in [5.74, 6) is 2.00. The molecular formula is C9H16ClN5S. The van der Waals surface area contributed by atoms with Crippen molar-refractivity contribution in [3.05, 3.63) is 5.28 Å². The first-order valence-electron chi connectivity index (χ1n) is 5.04. The molecule has 1 rings (SSSR count). The third-order valence-electron chi connectivity index (χ3n) is 2.03. The summed E-state index contributed by atoms with van der Waals surface area (Å²) in [6, 6.07) is 0.346. The van der Waals surface area contributed by atoms with Gasteiger partial charge in [0.1, 0.15) is 0 Å². The molecule has 0 aromatic carbocycles. The topological polar surface area (TPSA) is 62.7 Å². The van der Waals surface area contributed by atoms with E-state index in [0.717, 1.165) is 12.2 Å². The second kappa shape index (κ2) is 6.75. The Morgan fingerprint density at radius 2 is 2.00 bits per heavy atom. The molecule has 1 heterocycles. The first-order chi connectivity index (χ1) is 7.69. The first-order valence-corrected chi connectivity index (χ1v) is 6.81. The van der Waals surface area contributed by atoms with Gasteiger partial charge >= 0.3 is 0 Å². The molecule has 1 aromatic rings. The van der Waals surface area contributed by atoms with E-state index in [2.05, 4.69) is 38.8 Å². The lowest BCUT2D eigenvalue weighted by molar-refractivity contribution is 0.761. The molecule has 0 saturated carbocycles. The summed E-state index contributed by atoms with van der Waals surface area (Å²) in [5, 5.41) is 6.27. The summed E-state index contributed by atoms with van der Waals surface area (Å²) in [6.45, 7) is 2.12. The fraction of sp³-hybridized carbons (Fsp3) is 0.667. The smallest absolute Gasteiger partial charge is 0.229 e. The van der Waals surface area contributed by atoms with Crippen molar-refractivity contribution < 1.29 is 0 Å². The van der Waals surface area contributed by atoms with Crippen molar-refractivity contribution in [2.45, 2.75) is 19.4 Å². The monoisotopic (exact) mass is 261 g/mol. The molecule has 0 amide bonds. The van der Waals surface area contributed by atoms with E-state index in [1.165, 1.54) is 0 Å². The van der Waals surface area contributed by atoms with E-state index >= 15 is 0 Å². The number of anilines is 2. The fourth-order valence-corrected chi connectivity index (χ4v) is 2.05. The number of nitrogens with one attached hydrogen (secondary N) is 2. The molecule has 1 unspecified atom stereocenters. The molecule has 2 N–H and O–H groups in total. The molecule has 0 aliphatic carbocycles. The van der Waals surface area contributed by atoms with Crippen molar-refractivity contribution in [1.82, 2.24) is 15.0 Å². The zero-order valence-corrected chi connectivity index (χ0v) is 11.2. The van der Waals surface area contributed by atoms with Crippen LogP contribution in [0.2, 0.25) is 5.28 Å². The van der Waals surface area contributed by atoms with Crippen LogP contribution < -0.4 is 10.6 Å². The van der Waals surface area contributed by atoms with E-state index in [4.69, 9.17) is 11.6 Å². The van der Waals surface area contributed by atoms with Crippen LogP contribution in [-0.2, 0) is 0 Å². The maximum atomic E-state index is 5.79. The van der Waals surface area contributed by atoms with Crippen LogP contribution in [0.25, 0.3) is 0 Å². The predicted molar refractivity (Wildman–Crippen MR) is 70.5 cm³/mol. The molecule has 0 saturated heterocycles. The van der Waals surface area contributed by atoms with Crippen LogP contribution in [-0.4, -0.2) is 40.1 Å². The highest BCUT2D eigenvalue weighted by Gasteiger charge is 2.09. The van der Waals surface area contributed by atoms with Crippen LogP contribution in [0.3, 0.4) is 0 Å². The lowest BCUT2D eigenvalue weighted by atomic mass is 10.3. The lowest BCUT2D eigenvalue weighted by Crippen LogP contribution is -2.23. The maximum absolute atomic E-state index is 5.79. The number of halogens is 1. The Balaban J connectivity index is 2.74. The van der Waals surface area contributed by atoms with Gasteiger partial charge in [-0.05, 0) is 24.3 Å². The standard InChI is InChI=1S/C9H16ClN5S/c1-4-6(5-16-3)12-9-14-7(10)13-8(11-2)15-9/h6H,4-5H2,1-3H3,(H2,11,12,13,14,15). The molecule has 1 atom stereocenters. The SMILES string of the molecule is CCC(CSC)Nc1nc(Cl)nc(NC)n1. The summed E-state index contributed by atoms with van der Waals surface area (Å²) in [5.41, 5.74) is 0. The molecule has 7 heteroatoms. The molecule has 90 valence electrons. The average Bonchev–Trinajstić information content (AvgIpc) is 2.27. The molecular weight excluding hydrogens is 246 g/mol. The van der Waals surface area contributed by atoms with Crippen LogP contribution in [0, 0.1) is 0 Å². The van der Waals surface area contributed by atoms with Crippen molar-refractivity contribution in [3.8, 4) is 0 Å². The van der Waals surface area contributed by atoms with Gasteiger partial charge in [-0.2, -0.15) is 26.7 Å². The Morgan fingerprint density at radius 3 is 2.56 bits per heavy atom. The van der Waals surface area contributed by atoms with Crippen LogP contribution in [0.15, 0.2) is 0 Å². The molecule has 5 nitrogen and oxygen atoms in total. The normalized spacial score (nSPS) is 12.2. The minimum atomic E-state index is 0.195. The summed E-state index contributed by atoms with van der Waals surface area (Å²) >= 11 is 7.57. The summed E-state index contributed by atoms with van der Waals surface area (Å²) in [6.07, 6.45) is 3.09. The Kier molecular flexibility index (Phi) is 5.62. The molecule has 0 aliphatic heterocycles. The van der Waals surface area contributed by atoms with Gasteiger partial charge in [0.2, 0.25) is 17.2 Å². The average molecular weight is 262 g/mol. The highest BCUT2D eigenvalue weighted by atomic mass is 35.5. The molecule has 0 radical (unpaired) electrons. The summed E-state index contributed by atoms with van der Waals surface area (Å²) < 4.78 is 0. The van der Waals surface area contributed by atoms with Crippen LogP contribution in [0.5, 0.6) is 0 Å². The molecule has 16 heavy (non-hydrogen) atoms. The third kappa shape index (κ3) is 4.02. The predicted octanol–water partition coefficient (Wildman–Crippen LogP) is 2.12. The van der Waals surface area contributed by atoms with E-state index < -0.39 is 0 Å². The van der Waals surface area contributed by atoms with Gasteiger partial charge in [0, 0.05) is 18.8 Å². The van der Waals surface area contributed by atoms with Gasteiger partial charge in [0.05, 0.1) is 0 Å². The Labute approximate surface area is 105 Å². The molecule has 1 aromatic heterocycles.